The van der Waals surface area contributed by atoms with Gasteiger partial charge in [-0.05, 0) is 19.1 Å². The Morgan fingerprint density at radius 2 is 2.15 bits per heavy atom. The molecule has 4 nitrogen and oxygen atoms in total. The lowest BCUT2D eigenvalue weighted by Crippen LogP contribution is -2.08. The molecule has 5 heteroatoms. The molecule has 0 radical (unpaired) electrons. The number of benzene rings is 1. The third-order valence-electron chi connectivity index (χ3n) is 2.95. The lowest BCUT2D eigenvalue weighted by Gasteiger charge is -2.15. The van der Waals surface area contributed by atoms with Crippen LogP contribution in [0.4, 0.5) is 0 Å². The van der Waals surface area contributed by atoms with E-state index in [0.29, 0.717) is 17.4 Å². The Bertz CT molecular complexity index is 588. The SMILES string of the molecule is COc1ccc(C(C)N)c(OCc2ccncc2Cl)c1. The zero-order valence-electron chi connectivity index (χ0n) is 11.5. The molecule has 20 heavy (non-hydrogen) atoms. The Hall–Kier alpha value is -1.78. The maximum atomic E-state index is 6.06. The van der Waals surface area contributed by atoms with Crippen molar-refractivity contribution in [1.29, 1.82) is 0 Å². The van der Waals surface area contributed by atoms with Crippen LogP contribution >= 0.6 is 11.6 Å². The Morgan fingerprint density at radius 3 is 2.80 bits per heavy atom. The molecule has 0 aliphatic heterocycles. The first-order chi connectivity index (χ1) is 9.61. The topological polar surface area (TPSA) is 57.4 Å². The second-order valence-electron chi connectivity index (χ2n) is 4.45. The van der Waals surface area contributed by atoms with Crippen molar-refractivity contribution in [2.45, 2.75) is 19.6 Å². The largest absolute Gasteiger partial charge is 0.497 e. The van der Waals surface area contributed by atoms with E-state index in [1.54, 1.807) is 19.5 Å². The molecular formula is C15H17ClN2O2. The van der Waals surface area contributed by atoms with Gasteiger partial charge in [-0.25, -0.2) is 0 Å². The first-order valence-corrected chi connectivity index (χ1v) is 6.64. The van der Waals surface area contributed by atoms with Crippen molar-refractivity contribution in [3.63, 3.8) is 0 Å². The van der Waals surface area contributed by atoms with E-state index in [-0.39, 0.29) is 6.04 Å². The van der Waals surface area contributed by atoms with E-state index < -0.39 is 0 Å². The average Bonchev–Trinajstić information content (AvgIpc) is 2.46. The number of nitrogens with two attached hydrogens (primary N) is 1. The summed E-state index contributed by atoms with van der Waals surface area (Å²) in [5.41, 5.74) is 7.75. The molecule has 0 fully saturated rings. The summed E-state index contributed by atoms with van der Waals surface area (Å²) in [6, 6.07) is 7.31. The van der Waals surface area contributed by atoms with Crippen LogP contribution in [0.1, 0.15) is 24.1 Å². The molecule has 0 saturated carbocycles. The molecule has 1 atom stereocenters. The Kier molecular flexibility index (Phi) is 4.82. The highest BCUT2D eigenvalue weighted by atomic mass is 35.5. The maximum Gasteiger partial charge on any atom is 0.128 e. The van der Waals surface area contributed by atoms with E-state index in [2.05, 4.69) is 4.98 Å². The molecule has 0 spiro atoms. The normalized spacial score (nSPS) is 12.0. The molecule has 2 rings (SSSR count). The van der Waals surface area contributed by atoms with Gasteiger partial charge in [-0.1, -0.05) is 17.7 Å². The van der Waals surface area contributed by atoms with Crippen LogP contribution in [0.15, 0.2) is 36.7 Å². The van der Waals surface area contributed by atoms with E-state index in [1.165, 1.54) is 0 Å². The van der Waals surface area contributed by atoms with Gasteiger partial charge in [0.1, 0.15) is 18.1 Å². The van der Waals surface area contributed by atoms with Crippen molar-refractivity contribution in [3.8, 4) is 11.5 Å². The van der Waals surface area contributed by atoms with Crippen LogP contribution in [-0.4, -0.2) is 12.1 Å². The third-order valence-corrected chi connectivity index (χ3v) is 3.29. The summed E-state index contributed by atoms with van der Waals surface area (Å²) in [6.07, 6.45) is 3.28. The third kappa shape index (κ3) is 3.40. The minimum Gasteiger partial charge on any atom is -0.497 e. The van der Waals surface area contributed by atoms with Crippen LogP contribution in [-0.2, 0) is 6.61 Å². The molecule has 0 aliphatic rings. The molecule has 1 aromatic carbocycles. The summed E-state index contributed by atoms with van der Waals surface area (Å²) in [5, 5.41) is 0.581. The molecule has 0 aliphatic carbocycles. The van der Waals surface area contributed by atoms with Crippen molar-refractivity contribution in [1.82, 2.24) is 4.98 Å². The highest BCUT2D eigenvalue weighted by Crippen LogP contribution is 2.29. The Balaban J connectivity index is 2.21. The van der Waals surface area contributed by atoms with Gasteiger partial charge in [-0.2, -0.15) is 0 Å². The maximum absolute atomic E-state index is 6.06. The second-order valence-corrected chi connectivity index (χ2v) is 4.86. The molecule has 1 unspecified atom stereocenters. The molecule has 2 N–H and O–H groups in total. The van der Waals surface area contributed by atoms with Crippen LogP contribution in [0.3, 0.4) is 0 Å². The molecule has 0 saturated heterocycles. The van der Waals surface area contributed by atoms with Gasteiger partial charge in [-0.15, -0.1) is 0 Å². The van der Waals surface area contributed by atoms with E-state index in [0.717, 1.165) is 16.9 Å². The lowest BCUT2D eigenvalue weighted by molar-refractivity contribution is 0.299. The fourth-order valence-electron chi connectivity index (χ4n) is 1.82. The van der Waals surface area contributed by atoms with Crippen molar-refractivity contribution >= 4 is 11.6 Å². The number of hydrogen-bond acceptors (Lipinski definition) is 4. The number of nitrogens with zero attached hydrogens (tertiary/aromatic N) is 1. The zero-order valence-corrected chi connectivity index (χ0v) is 12.2. The standard InChI is InChI=1S/C15H17ClN2O2/c1-10(17)13-4-3-12(19-2)7-15(13)20-9-11-5-6-18-8-14(11)16/h3-8,10H,9,17H2,1-2H3. The van der Waals surface area contributed by atoms with Gasteiger partial charge < -0.3 is 15.2 Å². The Morgan fingerprint density at radius 1 is 1.35 bits per heavy atom. The molecule has 1 heterocycles. The van der Waals surface area contributed by atoms with E-state index >= 15 is 0 Å². The summed E-state index contributed by atoms with van der Waals surface area (Å²) < 4.78 is 11.0. The number of rotatable bonds is 5. The summed E-state index contributed by atoms with van der Waals surface area (Å²) >= 11 is 6.06. The van der Waals surface area contributed by atoms with E-state index in [9.17, 15) is 0 Å². The van der Waals surface area contributed by atoms with Gasteiger partial charge in [0.15, 0.2) is 0 Å². The van der Waals surface area contributed by atoms with Gasteiger partial charge >= 0.3 is 0 Å². The first kappa shape index (κ1) is 14.6. The lowest BCUT2D eigenvalue weighted by atomic mass is 10.1. The quantitative estimate of drug-likeness (QED) is 0.918. The van der Waals surface area contributed by atoms with Crippen molar-refractivity contribution < 1.29 is 9.47 Å². The fraction of sp³-hybridized carbons (Fsp3) is 0.267. The summed E-state index contributed by atoms with van der Waals surface area (Å²) in [4.78, 5) is 3.95. The van der Waals surface area contributed by atoms with Gasteiger partial charge in [-0.3, -0.25) is 4.98 Å². The fourth-order valence-corrected chi connectivity index (χ4v) is 1.99. The molecule has 0 bridgehead atoms. The minimum atomic E-state index is -0.121. The van der Waals surface area contributed by atoms with Gasteiger partial charge in [0.25, 0.3) is 0 Å². The zero-order chi connectivity index (χ0) is 14.5. The van der Waals surface area contributed by atoms with Crippen molar-refractivity contribution in [2.24, 2.45) is 5.73 Å². The highest BCUT2D eigenvalue weighted by molar-refractivity contribution is 6.31. The molecule has 1 aromatic heterocycles. The van der Waals surface area contributed by atoms with Gasteiger partial charge in [0.05, 0.1) is 12.1 Å². The number of methoxy groups -OCH3 is 1. The summed E-state index contributed by atoms with van der Waals surface area (Å²) in [5.74, 6) is 1.43. The van der Waals surface area contributed by atoms with Crippen LogP contribution in [0.25, 0.3) is 0 Å². The highest BCUT2D eigenvalue weighted by Gasteiger charge is 2.10. The molecule has 106 valence electrons. The minimum absolute atomic E-state index is 0.121. The number of halogens is 1. The summed E-state index contributed by atoms with van der Waals surface area (Å²) in [7, 11) is 1.62. The van der Waals surface area contributed by atoms with Crippen molar-refractivity contribution in [2.75, 3.05) is 7.11 Å². The van der Waals surface area contributed by atoms with Crippen LogP contribution in [0.2, 0.25) is 5.02 Å². The van der Waals surface area contributed by atoms with Crippen LogP contribution in [0.5, 0.6) is 11.5 Å². The molecule has 2 aromatic rings. The van der Waals surface area contributed by atoms with E-state index in [4.69, 9.17) is 26.8 Å². The average molecular weight is 293 g/mol. The molecule has 0 amide bonds. The summed E-state index contributed by atoms with van der Waals surface area (Å²) in [6.45, 7) is 2.27. The van der Waals surface area contributed by atoms with Gasteiger partial charge in [0.2, 0.25) is 0 Å². The number of ether oxygens (including phenoxy) is 2. The number of pyridine rings is 1. The van der Waals surface area contributed by atoms with Crippen molar-refractivity contribution in [3.05, 3.63) is 52.8 Å². The van der Waals surface area contributed by atoms with Crippen LogP contribution < -0.4 is 15.2 Å². The predicted molar refractivity (Wildman–Crippen MR) is 79.2 cm³/mol. The number of hydrogen-bond donors (Lipinski definition) is 1. The van der Waals surface area contributed by atoms with Crippen LogP contribution in [0, 0.1) is 0 Å². The van der Waals surface area contributed by atoms with E-state index in [1.807, 2.05) is 31.2 Å². The smallest absolute Gasteiger partial charge is 0.128 e. The molecular weight excluding hydrogens is 276 g/mol. The first-order valence-electron chi connectivity index (χ1n) is 6.26. The Labute approximate surface area is 123 Å². The monoisotopic (exact) mass is 292 g/mol. The second kappa shape index (κ2) is 6.59. The predicted octanol–water partition coefficient (Wildman–Crippen LogP) is 3.34. The number of aromatic nitrogens is 1. The van der Waals surface area contributed by atoms with Gasteiger partial charge in [0, 0.05) is 35.6 Å².